The number of aromatic carboxylic acids is 1. The number of ether oxygens (including phenoxy) is 1. The molecule has 2 N–H and O–H groups in total. The van der Waals surface area contributed by atoms with Crippen LogP contribution < -0.4 is 14.7 Å². The van der Waals surface area contributed by atoms with E-state index in [1.807, 2.05) is 30.3 Å². The second kappa shape index (κ2) is 8.20. The van der Waals surface area contributed by atoms with Gasteiger partial charge in [0, 0.05) is 0 Å². The first-order valence-corrected chi connectivity index (χ1v) is 10.5. The summed E-state index contributed by atoms with van der Waals surface area (Å²) in [5.74, 6) is -2.80. The van der Waals surface area contributed by atoms with E-state index in [9.17, 15) is 19.5 Å². The third-order valence-corrected chi connectivity index (χ3v) is 6.04. The van der Waals surface area contributed by atoms with Crippen molar-refractivity contribution in [3.05, 3.63) is 83.9 Å². The van der Waals surface area contributed by atoms with Crippen LogP contribution in [0.2, 0.25) is 0 Å². The molecular formula is C25H20N2O7. The van der Waals surface area contributed by atoms with Gasteiger partial charge in [0.25, 0.3) is 5.91 Å². The summed E-state index contributed by atoms with van der Waals surface area (Å²) in [6.07, 6.45) is -1.07. The average Bonchev–Trinajstić information content (AvgIpc) is 3.36. The van der Waals surface area contributed by atoms with Crippen molar-refractivity contribution in [2.24, 2.45) is 5.92 Å². The van der Waals surface area contributed by atoms with Crippen LogP contribution in [0.25, 0.3) is 0 Å². The molecule has 2 saturated heterocycles. The summed E-state index contributed by atoms with van der Waals surface area (Å²) in [7, 11) is 1.43. The fourth-order valence-corrected chi connectivity index (χ4v) is 4.44. The number of carboxylic acid groups (broad SMARTS) is 1. The smallest absolute Gasteiger partial charge is 0.335 e. The molecule has 2 fully saturated rings. The number of hydrogen-bond acceptors (Lipinski definition) is 7. The maximum Gasteiger partial charge on any atom is 0.335 e. The highest BCUT2D eigenvalue weighted by Gasteiger charge is 2.60. The van der Waals surface area contributed by atoms with Gasteiger partial charge in [0.05, 0.1) is 30.1 Å². The highest BCUT2D eigenvalue weighted by molar-refractivity contribution is 6.24. The van der Waals surface area contributed by atoms with E-state index in [0.717, 1.165) is 4.90 Å². The first-order valence-electron chi connectivity index (χ1n) is 10.5. The molecule has 34 heavy (non-hydrogen) atoms. The minimum absolute atomic E-state index is 0.0450. The minimum Gasteiger partial charge on any atom is -0.504 e. The van der Waals surface area contributed by atoms with Gasteiger partial charge in [-0.15, -0.1) is 0 Å². The molecule has 2 heterocycles. The number of phenols is 1. The number of rotatable bonds is 5. The molecule has 2 aliphatic rings. The number of amides is 2. The van der Waals surface area contributed by atoms with Crippen molar-refractivity contribution in [1.29, 1.82) is 0 Å². The van der Waals surface area contributed by atoms with Crippen LogP contribution in [0.3, 0.4) is 0 Å². The number of methoxy groups -OCH3 is 1. The SMILES string of the molecule is COc1cc([C@@H]2[C@H]3C(=O)N(c4ccc(C(=O)O)cc4)C(=O)[C@H]3ON2c2ccccc2)ccc1O. The van der Waals surface area contributed by atoms with E-state index in [-0.39, 0.29) is 22.7 Å². The second-order valence-electron chi connectivity index (χ2n) is 7.95. The zero-order chi connectivity index (χ0) is 24.0. The van der Waals surface area contributed by atoms with E-state index in [0.29, 0.717) is 11.3 Å². The quantitative estimate of drug-likeness (QED) is 0.558. The molecule has 3 aromatic carbocycles. The van der Waals surface area contributed by atoms with Crippen LogP contribution in [0.1, 0.15) is 22.0 Å². The maximum atomic E-state index is 13.6. The van der Waals surface area contributed by atoms with Crippen molar-refractivity contribution in [3.63, 3.8) is 0 Å². The van der Waals surface area contributed by atoms with E-state index >= 15 is 0 Å². The number of benzene rings is 3. The minimum atomic E-state index is -1.11. The molecule has 2 aliphatic heterocycles. The van der Waals surface area contributed by atoms with Gasteiger partial charge in [0.15, 0.2) is 17.6 Å². The number of nitrogens with zero attached hydrogens (tertiary/aromatic N) is 2. The number of hydrogen-bond donors (Lipinski definition) is 2. The van der Waals surface area contributed by atoms with E-state index < -0.39 is 35.8 Å². The van der Waals surface area contributed by atoms with Gasteiger partial charge in [-0.1, -0.05) is 24.3 Å². The molecule has 2 amide bonds. The van der Waals surface area contributed by atoms with Crippen molar-refractivity contribution in [3.8, 4) is 11.5 Å². The molecule has 0 unspecified atom stereocenters. The predicted molar refractivity (Wildman–Crippen MR) is 121 cm³/mol. The summed E-state index contributed by atoms with van der Waals surface area (Å²) in [5.41, 5.74) is 1.59. The van der Waals surface area contributed by atoms with E-state index in [1.165, 1.54) is 37.4 Å². The van der Waals surface area contributed by atoms with Gasteiger partial charge in [-0.3, -0.25) is 14.4 Å². The number of anilines is 2. The molecule has 0 radical (unpaired) electrons. The fourth-order valence-electron chi connectivity index (χ4n) is 4.44. The number of phenolic OH excluding ortho intramolecular Hbond substituents is 1. The zero-order valence-electron chi connectivity index (χ0n) is 18.0. The molecule has 0 aromatic heterocycles. The normalized spacial score (nSPS) is 21.6. The largest absolute Gasteiger partial charge is 0.504 e. The Bertz CT molecular complexity index is 1280. The van der Waals surface area contributed by atoms with Crippen LogP contribution in [0, 0.1) is 5.92 Å². The Balaban J connectivity index is 1.57. The molecule has 0 spiro atoms. The lowest BCUT2D eigenvalue weighted by atomic mass is 9.90. The van der Waals surface area contributed by atoms with Crippen molar-refractivity contribution in [2.75, 3.05) is 17.1 Å². The zero-order valence-corrected chi connectivity index (χ0v) is 18.0. The van der Waals surface area contributed by atoms with Crippen LogP contribution in [0.15, 0.2) is 72.8 Å². The van der Waals surface area contributed by atoms with Crippen molar-refractivity contribution in [1.82, 2.24) is 0 Å². The van der Waals surface area contributed by atoms with Crippen LogP contribution in [0.5, 0.6) is 11.5 Å². The van der Waals surface area contributed by atoms with Crippen LogP contribution in [-0.2, 0) is 14.4 Å². The number of hydroxylamine groups is 1. The standard InChI is InChI=1S/C25H20N2O7/c1-33-19-13-15(9-12-18(19)28)21-20-22(34-27(21)17-5-3-2-4-6-17)24(30)26(23(20)29)16-10-7-14(8-11-16)25(31)32/h2-13,20-22,28H,1H3,(H,31,32)/t20-,21-,22+/m1/s1. The molecule has 3 atom stereocenters. The number of aromatic hydroxyl groups is 1. The molecule has 5 rings (SSSR count). The molecule has 0 saturated carbocycles. The van der Waals surface area contributed by atoms with Crippen LogP contribution >= 0.6 is 0 Å². The molecule has 0 aliphatic carbocycles. The molecule has 0 bridgehead atoms. The Morgan fingerprint density at radius 3 is 2.29 bits per heavy atom. The average molecular weight is 460 g/mol. The Morgan fingerprint density at radius 2 is 1.65 bits per heavy atom. The van der Waals surface area contributed by atoms with Gasteiger partial charge >= 0.3 is 5.97 Å². The second-order valence-corrected chi connectivity index (χ2v) is 7.95. The molecule has 172 valence electrons. The molecule has 9 heteroatoms. The topological polar surface area (TPSA) is 117 Å². The van der Waals surface area contributed by atoms with E-state index in [4.69, 9.17) is 14.7 Å². The van der Waals surface area contributed by atoms with Gasteiger partial charge < -0.3 is 14.9 Å². The van der Waals surface area contributed by atoms with E-state index in [1.54, 1.807) is 17.2 Å². The highest BCUT2D eigenvalue weighted by atomic mass is 16.7. The number of carboxylic acids is 1. The molecule has 3 aromatic rings. The van der Waals surface area contributed by atoms with Crippen LogP contribution in [-0.4, -0.2) is 41.2 Å². The lowest BCUT2D eigenvalue weighted by molar-refractivity contribution is -0.126. The number of carbonyl (C=O) groups excluding carboxylic acids is 2. The Morgan fingerprint density at radius 1 is 0.941 bits per heavy atom. The summed E-state index contributed by atoms with van der Waals surface area (Å²) in [6.45, 7) is 0. The number of imide groups is 1. The summed E-state index contributed by atoms with van der Waals surface area (Å²) < 4.78 is 5.25. The third-order valence-electron chi connectivity index (χ3n) is 6.04. The van der Waals surface area contributed by atoms with Crippen molar-refractivity contribution >= 4 is 29.2 Å². The first kappa shape index (κ1) is 21.5. The summed E-state index contributed by atoms with van der Waals surface area (Å²) in [6, 6.07) is 18.7. The number of para-hydroxylation sites is 1. The molecule has 9 nitrogen and oxygen atoms in total. The van der Waals surface area contributed by atoms with Gasteiger partial charge in [0.2, 0.25) is 5.91 Å². The number of carbonyl (C=O) groups is 3. The van der Waals surface area contributed by atoms with Gasteiger partial charge in [-0.05, 0) is 54.1 Å². The summed E-state index contributed by atoms with van der Waals surface area (Å²) >= 11 is 0. The molecular weight excluding hydrogens is 440 g/mol. The Labute approximate surface area is 194 Å². The lowest BCUT2D eigenvalue weighted by Crippen LogP contribution is -2.37. The third kappa shape index (κ3) is 3.34. The lowest BCUT2D eigenvalue weighted by Gasteiger charge is -2.29. The summed E-state index contributed by atoms with van der Waals surface area (Å²) in [4.78, 5) is 45.2. The van der Waals surface area contributed by atoms with E-state index in [2.05, 4.69) is 0 Å². The summed E-state index contributed by atoms with van der Waals surface area (Å²) in [5, 5.41) is 20.7. The highest BCUT2D eigenvalue weighted by Crippen LogP contribution is 2.48. The number of fused-ring (bicyclic) bond motifs is 1. The van der Waals surface area contributed by atoms with Crippen molar-refractivity contribution < 1.29 is 34.2 Å². The van der Waals surface area contributed by atoms with Gasteiger partial charge in [-0.2, -0.15) is 0 Å². The van der Waals surface area contributed by atoms with Gasteiger partial charge in [-0.25, -0.2) is 14.8 Å². The van der Waals surface area contributed by atoms with Crippen LogP contribution in [0.4, 0.5) is 11.4 Å². The Hall–Kier alpha value is -4.37. The first-order chi connectivity index (χ1) is 16.4. The monoisotopic (exact) mass is 460 g/mol. The fraction of sp³-hybridized carbons (Fsp3) is 0.160. The Kier molecular flexibility index (Phi) is 5.18. The maximum absolute atomic E-state index is 13.6. The van der Waals surface area contributed by atoms with Gasteiger partial charge in [0.1, 0.15) is 5.92 Å². The van der Waals surface area contributed by atoms with Crippen molar-refractivity contribution in [2.45, 2.75) is 12.1 Å². The predicted octanol–water partition coefficient (Wildman–Crippen LogP) is 3.15.